The van der Waals surface area contributed by atoms with Gasteiger partial charge in [-0.05, 0) is 6.92 Å². The van der Waals surface area contributed by atoms with Crippen LogP contribution in [0.3, 0.4) is 0 Å². The lowest BCUT2D eigenvalue weighted by atomic mass is 10.2. The minimum absolute atomic E-state index is 0.164. The molecule has 1 aromatic heterocycles. The van der Waals surface area contributed by atoms with Crippen LogP contribution in [-0.2, 0) is 11.2 Å². The number of aryl methyl sites for hydroxylation is 1. The fraction of sp³-hybridized carbons (Fsp3) is 0.400. The Bertz CT molecular complexity index is 320. The second-order valence-electron chi connectivity index (χ2n) is 2.99. The molecule has 0 aliphatic heterocycles. The molecule has 0 fully saturated rings. The number of hydrogen-bond donors (Lipinski definition) is 1. The summed E-state index contributed by atoms with van der Waals surface area (Å²) in [5, 5.41) is 5.91. The standard InChI is InChI=1S/C10H14N2OS/c1-3-4-11-6-10(13)5-9-7-14-8(2)12-9/h3,7,11H,1,4-6H2,2H3. The van der Waals surface area contributed by atoms with Crippen LogP contribution in [0.4, 0.5) is 0 Å². The zero-order chi connectivity index (χ0) is 10.4. The van der Waals surface area contributed by atoms with E-state index in [1.807, 2.05) is 12.3 Å². The number of thiazole rings is 1. The lowest BCUT2D eigenvalue weighted by Crippen LogP contribution is -2.24. The SMILES string of the molecule is C=CCNCC(=O)Cc1csc(C)n1. The summed E-state index contributed by atoms with van der Waals surface area (Å²) >= 11 is 1.57. The topological polar surface area (TPSA) is 42.0 Å². The van der Waals surface area contributed by atoms with Crippen molar-refractivity contribution in [3.05, 3.63) is 28.7 Å². The van der Waals surface area contributed by atoms with Crippen LogP contribution in [0.25, 0.3) is 0 Å². The molecule has 0 aliphatic rings. The zero-order valence-electron chi connectivity index (χ0n) is 8.25. The van der Waals surface area contributed by atoms with Crippen LogP contribution < -0.4 is 5.32 Å². The first-order chi connectivity index (χ1) is 6.72. The lowest BCUT2D eigenvalue weighted by molar-refractivity contribution is -0.117. The summed E-state index contributed by atoms with van der Waals surface area (Å²) in [6.07, 6.45) is 2.16. The highest BCUT2D eigenvalue weighted by Gasteiger charge is 2.05. The molecule has 1 heterocycles. The first-order valence-electron chi connectivity index (χ1n) is 4.46. The van der Waals surface area contributed by atoms with E-state index in [1.165, 1.54) is 0 Å². The molecule has 0 saturated heterocycles. The van der Waals surface area contributed by atoms with Crippen LogP contribution in [0, 0.1) is 6.92 Å². The van der Waals surface area contributed by atoms with Crippen molar-refractivity contribution in [2.75, 3.05) is 13.1 Å². The van der Waals surface area contributed by atoms with E-state index in [0.29, 0.717) is 19.5 Å². The van der Waals surface area contributed by atoms with Crippen molar-refractivity contribution in [2.24, 2.45) is 0 Å². The monoisotopic (exact) mass is 210 g/mol. The molecule has 14 heavy (non-hydrogen) atoms. The Labute approximate surface area is 87.9 Å². The maximum Gasteiger partial charge on any atom is 0.152 e. The fourth-order valence-electron chi connectivity index (χ4n) is 1.07. The third-order valence-electron chi connectivity index (χ3n) is 1.66. The predicted molar refractivity (Wildman–Crippen MR) is 58.6 cm³/mol. The number of carbonyl (C=O) groups is 1. The average Bonchev–Trinajstić information content (AvgIpc) is 2.52. The molecular formula is C10H14N2OS. The van der Waals surface area contributed by atoms with E-state index in [0.717, 1.165) is 10.7 Å². The largest absolute Gasteiger partial charge is 0.307 e. The van der Waals surface area contributed by atoms with E-state index in [4.69, 9.17) is 0 Å². The molecule has 0 atom stereocenters. The van der Waals surface area contributed by atoms with Crippen LogP contribution in [0.1, 0.15) is 10.7 Å². The maximum atomic E-state index is 11.4. The molecule has 0 radical (unpaired) electrons. The highest BCUT2D eigenvalue weighted by Crippen LogP contribution is 2.08. The Morgan fingerprint density at radius 3 is 3.14 bits per heavy atom. The highest BCUT2D eigenvalue weighted by atomic mass is 32.1. The van der Waals surface area contributed by atoms with Gasteiger partial charge in [-0.25, -0.2) is 4.98 Å². The van der Waals surface area contributed by atoms with E-state index < -0.39 is 0 Å². The number of rotatable bonds is 6. The Hall–Kier alpha value is -1.00. The Kier molecular flexibility index (Phi) is 4.49. The average molecular weight is 210 g/mol. The van der Waals surface area contributed by atoms with Gasteiger partial charge in [-0.1, -0.05) is 6.08 Å². The number of carbonyl (C=O) groups excluding carboxylic acids is 1. The number of Topliss-reactive ketones (excluding diaryl/α,β-unsaturated/α-hetero) is 1. The van der Waals surface area contributed by atoms with Gasteiger partial charge in [0, 0.05) is 11.9 Å². The first kappa shape index (κ1) is 11.1. The van der Waals surface area contributed by atoms with E-state index in [-0.39, 0.29) is 5.78 Å². The van der Waals surface area contributed by atoms with E-state index in [1.54, 1.807) is 17.4 Å². The number of nitrogens with zero attached hydrogens (tertiary/aromatic N) is 1. The van der Waals surface area contributed by atoms with Gasteiger partial charge in [0.25, 0.3) is 0 Å². The van der Waals surface area contributed by atoms with Crippen molar-refractivity contribution < 1.29 is 4.79 Å². The molecule has 0 saturated carbocycles. The highest BCUT2D eigenvalue weighted by molar-refractivity contribution is 7.09. The molecule has 0 bridgehead atoms. The van der Waals surface area contributed by atoms with Gasteiger partial charge in [0.05, 0.1) is 23.7 Å². The van der Waals surface area contributed by atoms with Crippen LogP contribution >= 0.6 is 11.3 Å². The van der Waals surface area contributed by atoms with Crippen LogP contribution in [0.5, 0.6) is 0 Å². The second-order valence-corrected chi connectivity index (χ2v) is 4.06. The molecule has 0 unspecified atom stereocenters. The number of aromatic nitrogens is 1. The van der Waals surface area contributed by atoms with Crippen molar-refractivity contribution >= 4 is 17.1 Å². The van der Waals surface area contributed by atoms with E-state index >= 15 is 0 Å². The lowest BCUT2D eigenvalue weighted by Gasteiger charge is -1.98. The van der Waals surface area contributed by atoms with Crippen LogP contribution in [-0.4, -0.2) is 23.9 Å². The van der Waals surface area contributed by atoms with Crippen molar-refractivity contribution in [1.29, 1.82) is 0 Å². The molecule has 4 heteroatoms. The van der Waals surface area contributed by atoms with E-state index in [2.05, 4.69) is 16.9 Å². The van der Waals surface area contributed by atoms with Gasteiger partial charge >= 0.3 is 0 Å². The third kappa shape index (κ3) is 3.81. The van der Waals surface area contributed by atoms with Gasteiger partial charge in [0.1, 0.15) is 0 Å². The van der Waals surface area contributed by atoms with Crippen LogP contribution in [0.15, 0.2) is 18.0 Å². The molecule has 0 aromatic carbocycles. The molecule has 0 spiro atoms. The summed E-state index contributed by atoms with van der Waals surface area (Å²) in [7, 11) is 0. The fourth-order valence-corrected chi connectivity index (χ4v) is 1.68. The van der Waals surface area contributed by atoms with Crippen molar-refractivity contribution in [1.82, 2.24) is 10.3 Å². The van der Waals surface area contributed by atoms with E-state index in [9.17, 15) is 4.79 Å². The summed E-state index contributed by atoms with van der Waals surface area (Å²) in [5.41, 5.74) is 0.873. The second kappa shape index (κ2) is 5.67. The van der Waals surface area contributed by atoms with Crippen molar-refractivity contribution in [3.63, 3.8) is 0 Å². The smallest absolute Gasteiger partial charge is 0.152 e. The normalized spacial score (nSPS) is 10.1. The molecule has 76 valence electrons. The van der Waals surface area contributed by atoms with Gasteiger partial charge in [0.2, 0.25) is 0 Å². The Morgan fingerprint density at radius 1 is 1.79 bits per heavy atom. The van der Waals surface area contributed by atoms with Crippen LogP contribution in [0.2, 0.25) is 0 Å². The summed E-state index contributed by atoms with van der Waals surface area (Å²) < 4.78 is 0. The minimum atomic E-state index is 0.164. The van der Waals surface area contributed by atoms with Gasteiger partial charge in [0.15, 0.2) is 5.78 Å². The van der Waals surface area contributed by atoms with Gasteiger partial charge in [-0.2, -0.15) is 0 Å². The molecule has 0 aliphatic carbocycles. The molecule has 1 aromatic rings. The van der Waals surface area contributed by atoms with Gasteiger partial charge < -0.3 is 5.32 Å². The third-order valence-corrected chi connectivity index (χ3v) is 2.48. The Morgan fingerprint density at radius 2 is 2.57 bits per heavy atom. The van der Waals surface area contributed by atoms with Crippen molar-refractivity contribution in [3.8, 4) is 0 Å². The van der Waals surface area contributed by atoms with Gasteiger partial charge in [-0.3, -0.25) is 4.79 Å². The summed E-state index contributed by atoms with van der Waals surface area (Å²) in [6, 6.07) is 0. The summed E-state index contributed by atoms with van der Waals surface area (Å²) in [5.74, 6) is 0.164. The number of nitrogens with one attached hydrogen (secondary N) is 1. The molecule has 1 N–H and O–H groups in total. The summed E-state index contributed by atoms with van der Waals surface area (Å²) in [4.78, 5) is 15.6. The quantitative estimate of drug-likeness (QED) is 0.569. The van der Waals surface area contributed by atoms with Crippen molar-refractivity contribution in [2.45, 2.75) is 13.3 Å². The zero-order valence-corrected chi connectivity index (χ0v) is 9.06. The molecular weight excluding hydrogens is 196 g/mol. The Balaban J connectivity index is 2.30. The predicted octanol–water partition coefficient (Wildman–Crippen LogP) is 1.34. The molecule has 0 amide bonds. The summed E-state index contributed by atoms with van der Waals surface area (Å²) in [6.45, 7) is 6.56. The molecule has 3 nitrogen and oxygen atoms in total. The first-order valence-corrected chi connectivity index (χ1v) is 5.34. The van der Waals surface area contributed by atoms with Gasteiger partial charge in [-0.15, -0.1) is 17.9 Å². The molecule has 1 rings (SSSR count). The number of hydrogen-bond acceptors (Lipinski definition) is 4. The minimum Gasteiger partial charge on any atom is -0.307 e. The number of ketones is 1. The maximum absolute atomic E-state index is 11.4.